The van der Waals surface area contributed by atoms with E-state index in [9.17, 15) is 9.90 Å². The molecule has 0 bridgehead atoms. The smallest absolute Gasteiger partial charge is 0.410 e. The SMILES string of the molecule is O=C(OCc1ccccc1)N1CCC([C@H](O)CN2CCC3(CC2)CNc2cc(Cl)ccc23)CC1. The number of aliphatic hydroxyl groups excluding tert-OH is 1. The number of likely N-dealkylation sites (tertiary alicyclic amines) is 2. The van der Waals surface area contributed by atoms with Gasteiger partial charge in [0.05, 0.1) is 6.10 Å². The number of nitrogens with one attached hydrogen (secondary N) is 1. The maximum atomic E-state index is 12.4. The van der Waals surface area contributed by atoms with Crippen molar-refractivity contribution in [1.82, 2.24) is 9.80 Å². The van der Waals surface area contributed by atoms with Crippen LogP contribution in [0.2, 0.25) is 5.02 Å². The van der Waals surface area contributed by atoms with Crippen LogP contribution in [0.5, 0.6) is 0 Å². The van der Waals surface area contributed by atoms with Crippen LogP contribution in [0.4, 0.5) is 10.5 Å². The van der Waals surface area contributed by atoms with Crippen LogP contribution >= 0.6 is 11.6 Å². The van der Waals surface area contributed by atoms with Crippen molar-refractivity contribution in [3.05, 3.63) is 64.7 Å². The maximum absolute atomic E-state index is 12.4. The zero-order valence-electron chi connectivity index (χ0n) is 19.6. The molecule has 2 aromatic rings. The second kappa shape index (κ2) is 10.1. The quantitative estimate of drug-likeness (QED) is 0.655. The van der Waals surface area contributed by atoms with Crippen LogP contribution in [0, 0.1) is 5.92 Å². The van der Waals surface area contributed by atoms with Crippen molar-refractivity contribution in [2.24, 2.45) is 5.92 Å². The summed E-state index contributed by atoms with van der Waals surface area (Å²) in [5.74, 6) is 0.227. The summed E-state index contributed by atoms with van der Waals surface area (Å²) in [4.78, 5) is 16.6. The Morgan fingerprint density at radius 1 is 1.12 bits per heavy atom. The number of benzene rings is 2. The van der Waals surface area contributed by atoms with Gasteiger partial charge in [0.25, 0.3) is 0 Å². The molecule has 2 saturated heterocycles. The largest absolute Gasteiger partial charge is 0.445 e. The van der Waals surface area contributed by atoms with Crippen molar-refractivity contribution in [3.63, 3.8) is 0 Å². The summed E-state index contributed by atoms with van der Waals surface area (Å²) in [5.41, 5.74) is 3.75. The lowest BCUT2D eigenvalue weighted by molar-refractivity contribution is 0.0179. The van der Waals surface area contributed by atoms with E-state index in [0.717, 1.165) is 55.9 Å². The minimum absolute atomic E-state index is 0.187. The Hall–Kier alpha value is -2.28. The first-order valence-corrected chi connectivity index (χ1v) is 12.8. The van der Waals surface area contributed by atoms with Gasteiger partial charge in [-0.05, 0) is 68.0 Å². The third-order valence-electron chi connectivity index (χ3n) is 7.98. The minimum Gasteiger partial charge on any atom is -0.445 e. The van der Waals surface area contributed by atoms with Crippen molar-refractivity contribution in [3.8, 4) is 0 Å². The monoisotopic (exact) mass is 483 g/mol. The summed E-state index contributed by atoms with van der Waals surface area (Å²) < 4.78 is 5.47. The molecule has 1 atom stereocenters. The number of nitrogens with zero attached hydrogens (tertiary/aromatic N) is 2. The molecular weight excluding hydrogens is 450 g/mol. The highest BCUT2D eigenvalue weighted by atomic mass is 35.5. The van der Waals surface area contributed by atoms with Gasteiger partial charge in [0, 0.05) is 42.3 Å². The summed E-state index contributed by atoms with van der Waals surface area (Å²) in [6.07, 6.45) is 3.20. The molecule has 1 spiro atoms. The summed E-state index contributed by atoms with van der Waals surface area (Å²) in [6, 6.07) is 16.0. The summed E-state index contributed by atoms with van der Waals surface area (Å²) in [5, 5.41) is 15.3. The van der Waals surface area contributed by atoms with Crippen molar-refractivity contribution in [2.75, 3.05) is 44.6 Å². The van der Waals surface area contributed by atoms with Crippen molar-refractivity contribution in [2.45, 2.75) is 43.8 Å². The van der Waals surface area contributed by atoms with Crippen LogP contribution in [0.15, 0.2) is 48.5 Å². The zero-order valence-corrected chi connectivity index (χ0v) is 20.3. The van der Waals surface area contributed by atoms with Crippen LogP contribution in [0.3, 0.4) is 0 Å². The van der Waals surface area contributed by atoms with Gasteiger partial charge in [-0.1, -0.05) is 48.0 Å². The number of β-amino-alcohol motifs (C(OH)–C–C–N with tert-alkyl or cyclic N) is 1. The number of aliphatic hydroxyl groups is 1. The minimum atomic E-state index is -0.357. The number of ether oxygens (including phenoxy) is 1. The van der Waals surface area contributed by atoms with Crippen LogP contribution in [-0.4, -0.2) is 66.4 Å². The standard InChI is InChI=1S/C27H34ClN3O3/c28-22-6-7-23-24(16-22)29-19-27(23)10-14-30(15-11-27)17-25(32)21-8-12-31(13-9-21)26(33)34-18-20-4-2-1-3-5-20/h1-7,16,21,25,29,32H,8-15,17-19H2/t25-/m1/s1. The second-order valence-corrected chi connectivity index (χ2v) is 10.5. The number of carbonyl (C=O) groups is 1. The summed E-state index contributed by atoms with van der Waals surface area (Å²) in [7, 11) is 0. The summed E-state index contributed by atoms with van der Waals surface area (Å²) >= 11 is 6.17. The molecule has 6 nitrogen and oxygen atoms in total. The fourth-order valence-corrected chi connectivity index (χ4v) is 5.96. The Bertz CT molecular complexity index is 986. The highest BCUT2D eigenvalue weighted by molar-refractivity contribution is 6.30. The Morgan fingerprint density at radius 3 is 2.59 bits per heavy atom. The number of rotatable bonds is 5. The Kier molecular flexibility index (Phi) is 7.00. The van der Waals surface area contributed by atoms with Gasteiger partial charge in [0.1, 0.15) is 6.61 Å². The molecule has 2 fully saturated rings. The van der Waals surface area contributed by atoms with E-state index < -0.39 is 0 Å². The molecule has 3 aliphatic heterocycles. The molecule has 0 aliphatic carbocycles. The first-order chi connectivity index (χ1) is 16.5. The molecule has 3 aliphatic rings. The van der Waals surface area contributed by atoms with Gasteiger partial charge in [-0.15, -0.1) is 0 Å². The average molecular weight is 484 g/mol. The molecule has 0 aromatic heterocycles. The predicted octanol–water partition coefficient (Wildman–Crippen LogP) is 4.51. The van der Waals surface area contributed by atoms with Crippen molar-refractivity contribution < 1.29 is 14.6 Å². The highest BCUT2D eigenvalue weighted by Crippen LogP contribution is 2.44. The van der Waals surface area contributed by atoms with Gasteiger partial charge < -0.3 is 25.0 Å². The number of halogens is 1. The molecule has 0 unspecified atom stereocenters. The molecular formula is C27H34ClN3O3. The van der Waals surface area contributed by atoms with Gasteiger partial charge in [-0.3, -0.25) is 0 Å². The summed E-state index contributed by atoms with van der Waals surface area (Å²) in [6.45, 7) is 5.24. The first-order valence-electron chi connectivity index (χ1n) is 12.4. The van der Waals surface area contributed by atoms with E-state index in [4.69, 9.17) is 16.3 Å². The van der Waals surface area contributed by atoms with E-state index in [-0.39, 0.29) is 23.5 Å². The first kappa shape index (κ1) is 23.5. The van der Waals surface area contributed by atoms with Crippen LogP contribution < -0.4 is 5.32 Å². The molecule has 0 saturated carbocycles. The van der Waals surface area contributed by atoms with Crippen LogP contribution in [-0.2, 0) is 16.8 Å². The van der Waals surface area contributed by atoms with E-state index in [0.29, 0.717) is 26.2 Å². The van der Waals surface area contributed by atoms with E-state index >= 15 is 0 Å². The molecule has 2 aromatic carbocycles. The fourth-order valence-electron chi connectivity index (χ4n) is 5.79. The Morgan fingerprint density at radius 2 is 1.85 bits per heavy atom. The highest BCUT2D eigenvalue weighted by Gasteiger charge is 2.42. The zero-order chi connectivity index (χ0) is 23.5. The van der Waals surface area contributed by atoms with E-state index in [1.165, 1.54) is 11.3 Å². The van der Waals surface area contributed by atoms with Crippen molar-refractivity contribution >= 4 is 23.4 Å². The maximum Gasteiger partial charge on any atom is 0.410 e. The Balaban J connectivity index is 1.06. The molecule has 2 N–H and O–H groups in total. The lowest BCUT2D eigenvalue weighted by Crippen LogP contribution is -2.48. The third kappa shape index (κ3) is 5.04. The normalized spacial score (nSPS) is 21.2. The van der Waals surface area contributed by atoms with Gasteiger partial charge in [-0.2, -0.15) is 0 Å². The van der Waals surface area contributed by atoms with Crippen LogP contribution in [0.1, 0.15) is 36.8 Å². The Labute approximate surface area is 206 Å². The van der Waals surface area contributed by atoms with Crippen LogP contribution in [0.25, 0.3) is 0 Å². The van der Waals surface area contributed by atoms with E-state index in [2.05, 4.69) is 16.3 Å². The second-order valence-electron chi connectivity index (χ2n) is 10.1. The molecule has 7 heteroatoms. The van der Waals surface area contributed by atoms with E-state index in [1.54, 1.807) is 4.90 Å². The number of carbonyl (C=O) groups excluding carboxylic acids is 1. The van der Waals surface area contributed by atoms with E-state index in [1.807, 2.05) is 42.5 Å². The number of hydrogen-bond acceptors (Lipinski definition) is 5. The number of hydrogen-bond donors (Lipinski definition) is 2. The lowest BCUT2D eigenvalue weighted by atomic mass is 9.74. The topological polar surface area (TPSA) is 65.0 Å². The average Bonchev–Trinajstić information content (AvgIpc) is 3.21. The molecule has 1 amide bonds. The molecule has 182 valence electrons. The van der Waals surface area contributed by atoms with Gasteiger partial charge in [0.2, 0.25) is 0 Å². The molecule has 0 radical (unpaired) electrons. The molecule has 3 heterocycles. The van der Waals surface area contributed by atoms with Gasteiger partial charge in [-0.25, -0.2) is 4.79 Å². The lowest BCUT2D eigenvalue weighted by Gasteiger charge is -2.41. The molecule has 5 rings (SSSR count). The number of fused-ring (bicyclic) bond motifs is 2. The number of piperidine rings is 2. The number of amides is 1. The van der Waals surface area contributed by atoms with Crippen molar-refractivity contribution in [1.29, 1.82) is 0 Å². The van der Waals surface area contributed by atoms with Gasteiger partial charge >= 0.3 is 6.09 Å². The molecule has 34 heavy (non-hydrogen) atoms. The number of anilines is 1. The van der Waals surface area contributed by atoms with Gasteiger partial charge in [0.15, 0.2) is 0 Å². The predicted molar refractivity (Wildman–Crippen MR) is 134 cm³/mol. The third-order valence-corrected chi connectivity index (χ3v) is 8.21. The fraction of sp³-hybridized carbons (Fsp3) is 0.519.